The molecule has 0 amide bonds. The normalized spacial score (nSPS) is 11.0. The quantitative estimate of drug-likeness (QED) is 0.683. The number of halogens is 1. The minimum atomic E-state index is -0.154. The highest BCUT2D eigenvalue weighted by molar-refractivity contribution is 6.35. The summed E-state index contributed by atoms with van der Waals surface area (Å²) in [6.45, 7) is 0. The number of carbonyl (C=O) groups is 1. The number of aromatic nitrogens is 2. The lowest BCUT2D eigenvalue weighted by Crippen LogP contribution is -2.19. The fourth-order valence-electron chi connectivity index (χ4n) is 2.45. The fraction of sp³-hybridized carbons (Fsp3) is 0.125. The van der Waals surface area contributed by atoms with Gasteiger partial charge in [-0.05, 0) is 30.3 Å². The summed E-state index contributed by atoms with van der Waals surface area (Å²) in [6.07, 6.45) is 0. The van der Waals surface area contributed by atoms with E-state index in [1.54, 1.807) is 61.1 Å². The van der Waals surface area contributed by atoms with E-state index in [4.69, 9.17) is 11.6 Å². The molecule has 3 rings (SSSR count). The zero-order valence-corrected chi connectivity index (χ0v) is 12.4. The van der Waals surface area contributed by atoms with Crippen LogP contribution in [0.5, 0.6) is 0 Å². The maximum absolute atomic E-state index is 12.5. The average molecular weight is 301 g/mol. The molecule has 0 spiro atoms. The molecule has 0 radical (unpaired) electrons. The van der Waals surface area contributed by atoms with E-state index in [0.29, 0.717) is 16.1 Å². The lowest BCUT2D eigenvalue weighted by Gasteiger charge is -2.04. The van der Waals surface area contributed by atoms with E-state index in [1.807, 2.05) is 0 Å². The third-order valence-corrected chi connectivity index (χ3v) is 3.98. The number of imidazole rings is 1. The van der Waals surface area contributed by atoms with E-state index >= 15 is 0 Å². The van der Waals surface area contributed by atoms with Crippen molar-refractivity contribution in [1.82, 2.24) is 9.13 Å². The second kappa shape index (κ2) is 4.90. The molecular weight excluding hydrogens is 288 g/mol. The smallest absolute Gasteiger partial charge is 0.295 e. The molecule has 1 aromatic heterocycles. The van der Waals surface area contributed by atoms with Gasteiger partial charge >= 0.3 is 5.69 Å². The number of carbonyl (C=O) groups excluding carboxylic acids is 1. The van der Waals surface area contributed by atoms with E-state index in [1.165, 1.54) is 4.57 Å². The summed E-state index contributed by atoms with van der Waals surface area (Å²) in [6, 6.07) is 12.2. The summed E-state index contributed by atoms with van der Waals surface area (Å²) in [5.74, 6) is -0.154. The van der Waals surface area contributed by atoms with Gasteiger partial charge in [-0.15, -0.1) is 0 Å². The molecule has 21 heavy (non-hydrogen) atoms. The zero-order valence-electron chi connectivity index (χ0n) is 11.6. The molecule has 2 aromatic carbocycles. The molecule has 106 valence electrons. The number of hydrogen-bond donors (Lipinski definition) is 0. The van der Waals surface area contributed by atoms with Crippen LogP contribution in [0.4, 0.5) is 0 Å². The van der Waals surface area contributed by atoms with E-state index in [-0.39, 0.29) is 11.5 Å². The molecule has 0 aliphatic heterocycles. The Morgan fingerprint density at radius 2 is 1.67 bits per heavy atom. The van der Waals surface area contributed by atoms with Gasteiger partial charge in [-0.25, -0.2) is 4.79 Å². The minimum absolute atomic E-state index is 0.118. The molecule has 3 aromatic rings. The average Bonchev–Trinajstić information content (AvgIpc) is 2.71. The lowest BCUT2D eigenvalue weighted by atomic mass is 10.0. The predicted octanol–water partition coefficient (Wildman–Crippen LogP) is 2.76. The highest BCUT2D eigenvalue weighted by Gasteiger charge is 2.15. The van der Waals surface area contributed by atoms with Gasteiger partial charge in [0, 0.05) is 25.2 Å². The van der Waals surface area contributed by atoms with Crippen LogP contribution >= 0.6 is 11.6 Å². The van der Waals surface area contributed by atoms with Gasteiger partial charge in [-0.1, -0.05) is 23.7 Å². The fourth-order valence-corrected chi connectivity index (χ4v) is 2.67. The molecule has 4 nitrogen and oxygen atoms in total. The van der Waals surface area contributed by atoms with Crippen molar-refractivity contribution in [2.45, 2.75) is 0 Å². The number of fused-ring (bicyclic) bond motifs is 1. The van der Waals surface area contributed by atoms with Crippen molar-refractivity contribution in [3.63, 3.8) is 0 Å². The van der Waals surface area contributed by atoms with Crippen molar-refractivity contribution in [1.29, 1.82) is 0 Å². The molecule has 0 aliphatic carbocycles. The van der Waals surface area contributed by atoms with Crippen LogP contribution in [-0.4, -0.2) is 14.9 Å². The van der Waals surface area contributed by atoms with Gasteiger partial charge in [0.15, 0.2) is 5.78 Å². The van der Waals surface area contributed by atoms with E-state index < -0.39 is 0 Å². The number of aryl methyl sites for hydroxylation is 2. The topological polar surface area (TPSA) is 44.0 Å². The Hall–Kier alpha value is -2.33. The Balaban J connectivity index is 2.18. The van der Waals surface area contributed by atoms with Gasteiger partial charge < -0.3 is 0 Å². The molecular formula is C16H13ClN2O2. The standard InChI is InChI=1S/C16H13ClN2O2/c1-18-13-8-7-10(9-14(13)19(2)16(18)21)15(20)11-5-3-4-6-12(11)17/h3-9H,1-2H3. The van der Waals surface area contributed by atoms with Gasteiger partial charge in [0.1, 0.15) is 0 Å². The second-order valence-electron chi connectivity index (χ2n) is 4.91. The molecule has 0 unspecified atom stereocenters. The van der Waals surface area contributed by atoms with Crippen LogP contribution in [0, 0.1) is 0 Å². The molecule has 0 saturated heterocycles. The molecule has 0 bridgehead atoms. The van der Waals surface area contributed by atoms with Crippen LogP contribution in [-0.2, 0) is 14.1 Å². The van der Waals surface area contributed by atoms with Gasteiger partial charge in [-0.3, -0.25) is 13.9 Å². The van der Waals surface area contributed by atoms with Crippen molar-refractivity contribution in [2.24, 2.45) is 14.1 Å². The first kappa shape index (κ1) is 13.6. The number of hydrogen-bond acceptors (Lipinski definition) is 2. The SMILES string of the molecule is Cn1c(=O)n(C)c2cc(C(=O)c3ccccc3Cl)ccc21. The Morgan fingerprint density at radius 1 is 1.00 bits per heavy atom. The summed E-state index contributed by atoms with van der Waals surface area (Å²) < 4.78 is 3.08. The van der Waals surface area contributed by atoms with Crippen molar-refractivity contribution in [3.05, 3.63) is 69.1 Å². The highest BCUT2D eigenvalue weighted by atomic mass is 35.5. The van der Waals surface area contributed by atoms with Gasteiger partial charge in [0.25, 0.3) is 0 Å². The second-order valence-corrected chi connectivity index (χ2v) is 5.32. The first-order valence-corrected chi connectivity index (χ1v) is 6.83. The number of rotatable bonds is 2. The summed E-state index contributed by atoms with van der Waals surface area (Å²) in [4.78, 5) is 24.4. The molecule has 0 saturated carbocycles. The summed E-state index contributed by atoms with van der Waals surface area (Å²) in [5.41, 5.74) is 2.36. The third kappa shape index (κ3) is 2.08. The largest absolute Gasteiger partial charge is 0.328 e. The highest BCUT2D eigenvalue weighted by Crippen LogP contribution is 2.21. The monoisotopic (exact) mass is 300 g/mol. The zero-order chi connectivity index (χ0) is 15.1. The van der Waals surface area contributed by atoms with Gasteiger partial charge in [0.2, 0.25) is 0 Å². The Morgan fingerprint density at radius 3 is 2.38 bits per heavy atom. The maximum Gasteiger partial charge on any atom is 0.328 e. The van der Waals surface area contributed by atoms with E-state index in [9.17, 15) is 9.59 Å². The van der Waals surface area contributed by atoms with Crippen LogP contribution in [0.3, 0.4) is 0 Å². The van der Waals surface area contributed by atoms with Crippen LogP contribution in [0.1, 0.15) is 15.9 Å². The van der Waals surface area contributed by atoms with Crippen molar-refractivity contribution in [3.8, 4) is 0 Å². The van der Waals surface area contributed by atoms with Crippen molar-refractivity contribution >= 4 is 28.4 Å². The lowest BCUT2D eigenvalue weighted by molar-refractivity contribution is 0.103. The minimum Gasteiger partial charge on any atom is -0.295 e. The Kier molecular flexibility index (Phi) is 3.18. The molecule has 0 atom stereocenters. The summed E-state index contributed by atoms with van der Waals surface area (Å²) in [5, 5.41) is 0.421. The van der Waals surface area contributed by atoms with Crippen LogP contribution in [0.25, 0.3) is 11.0 Å². The van der Waals surface area contributed by atoms with Crippen LogP contribution in [0.15, 0.2) is 47.3 Å². The molecule has 0 aliphatic rings. The van der Waals surface area contributed by atoms with Crippen molar-refractivity contribution < 1.29 is 4.79 Å². The third-order valence-electron chi connectivity index (χ3n) is 3.65. The maximum atomic E-state index is 12.5. The molecule has 1 heterocycles. The molecule has 0 fully saturated rings. The van der Waals surface area contributed by atoms with E-state index in [2.05, 4.69) is 0 Å². The Labute approximate surface area is 126 Å². The Bertz CT molecular complexity index is 922. The van der Waals surface area contributed by atoms with Crippen molar-refractivity contribution in [2.75, 3.05) is 0 Å². The number of ketones is 1. The number of benzene rings is 2. The molecule has 5 heteroatoms. The first-order valence-electron chi connectivity index (χ1n) is 6.45. The number of nitrogens with zero attached hydrogens (tertiary/aromatic N) is 2. The summed E-state index contributed by atoms with van der Waals surface area (Å²) >= 11 is 6.07. The summed E-state index contributed by atoms with van der Waals surface area (Å²) in [7, 11) is 3.40. The van der Waals surface area contributed by atoms with Gasteiger partial charge in [0.05, 0.1) is 16.1 Å². The van der Waals surface area contributed by atoms with Gasteiger partial charge in [-0.2, -0.15) is 0 Å². The van der Waals surface area contributed by atoms with E-state index in [0.717, 1.165) is 11.0 Å². The van der Waals surface area contributed by atoms with Crippen LogP contribution < -0.4 is 5.69 Å². The predicted molar refractivity (Wildman–Crippen MR) is 83.0 cm³/mol. The first-order chi connectivity index (χ1) is 10.0. The van der Waals surface area contributed by atoms with Crippen LogP contribution in [0.2, 0.25) is 5.02 Å². The molecule has 0 N–H and O–H groups in total.